The van der Waals surface area contributed by atoms with Crippen LogP contribution < -0.4 is 10.6 Å². The summed E-state index contributed by atoms with van der Waals surface area (Å²) in [6.45, 7) is 4.88. The highest BCUT2D eigenvalue weighted by Crippen LogP contribution is 2.66. The second-order valence-electron chi connectivity index (χ2n) is 10.0. The van der Waals surface area contributed by atoms with Crippen LogP contribution in [0.2, 0.25) is 0 Å². The standard InChI is InChI=1S/C23H28N2O/c1-21-10-16-11-22(2,13-21)15-23(12-16,14-21)25-20(26)24-19-9-5-7-17-6-3-4-8-18(17)19/h3-9,16H,10-15H2,1-2H3,(H2,24,25,26). The second-order valence-corrected chi connectivity index (χ2v) is 10.0. The van der Waals surface area contributed by atoms with Gasteiger partial charge in [-0.15, -0.1) is 0 Å². The molecule has 2 atom stereocenters. The molecular formula is C23H28N2O. The summed E-state index contributed by atoms with van der Waals surface area (Å²) in [4.78, 5) is 12.9. The van der Waals surface area contributed by atoms with Crippen LogP contribution in [0.4, 0.5) is 10.5 Å². The van der Waals surface area contributed by atoms with Crippen LogP contribution in [0, 0.1) is 16.7 Å². The van der Waals surface area contributed by atoms with E-state index in [1.165, 1.54) is 19.3 Å². The van der Waals surface area contributed by atoms with E-state index in [1.54, 1.807) is 0 Å². The van der Waals surface area contributed by atoms with Crippen LogP contribution in [0.15, 0.2) is 42.5 Å². The zero-order valence-electron chi connectivity index (χ0n) is 15.8. The van der Waals surface area contributed by atoms with Gasteiger partial charge in [0.05, 0.1) is 5.69 Å². The van der Waals surface area contributed by atoms with Crippen molar-refractivity contribution in [1.82, 2.24) is 5.32 Å². The number of nitrogens with one attached hydrogen (secondary N) is 2. The maximum atomic E-state index is 12.9. The van der Waals surface area contributed by atoms with Gasteiger partial charge in [0.1, 0.15) is 0 Å². The van der Waals surface area contributed by atoms with Crippen LogP contribution in [0.25, 0.3) is 10.8 Å². The zero-order valence-corrected chi connectivity index (χ0v) is 15.8. The molecule has 2 aromatic carbocycles. The highest BCUT2D eigenvalue weighted by molar-refractivity contribution is 6.01. The summed E-state index contributed by atoms with van der Waals surface area (Å²) in [6, 6.07) is 14.2. The third-order valence-electron chi connectivity index (χ3n) is 7.04. The average molecular weight is 348 g/mol. The van der Waals surface area contributed by atoms with Crippen LogP contribution >= 0.6 is 0 Å². The molecule has 0 heterocycles. The minimum absolute atomic E-state index is 0.0163. The Bertz CT molecular complexity index is 865. The molecule has 0 saturated heterocycles. The van der Waals surface area contributed by atoms with Crippen LogP contribution in [0.5, 0.6) is 0 Å². The molecule has 4 fully saturated rings. The molecule has 2 unspecified atom stereocenters. The van der Waals surface area contributed by atoms with E-state index in [1.807, 2.05) is 24.3 Å². The Hall–Kier alpha value is -2.03. The smallest absolute Gasteiger partial charge is 0.319 e. The van der Waals surface area contributed by atoms with Gasteiger partial charge in [0.2, 0.25) is 0 Å². The van der Waals surface area contributed by atoms with E-state index in [-0.39, 0.29) is 11.6 Å². The van der Waals surface area contributed by atoms with Crippen molar-refractivity contribution in [3.05, 3.63) is 42.5 Å². The molecule has 2 N–H and O–H groups in total. The lowest BCUT2D eigenvalue weighted by Crippen LogP contribution is -2.65. The highest BCUT2D eigenvalue weighted by atomic mass is 16.2. The number of fused-ring (bicyclic) bond motifs is 1. The van der Waals surface area contributed by atoms with Crippen LogP contribution in [-0.2, 0) is 0 Å². The number of hydrogen-bond donors (Lipinski definition) is 2. The number of amides is 2. The van der Waals surface area contributed by atoms with Crippen molar-refractivity contribution in [3.8, 4) is 0 Å². The summed E-state index contributed by atoms with van der Waals surface area (Å²) in [7, 11) is 0. The Kier molecular flexibility index (Phi) is 3.26. The lowest BCUT2D eigenvalue weighted by Gasteiger charge is -2.65. The summed E-state index contributed by atoms with van der Waals surface area (Å²) in [5, 5.41) is 8.82. The normalized spacial score (nSPS) is 37.7. The Labute approximate surface area is 155 Å². The van der Waals surface area contributed by atoms with Crippen molar-refractivity contribution in [3.63, 3.8) is 0 Å². The fourth-order valence-electron chi connectivity index (χ4n) is 7.32. The Morgan fingerprint density at radius 3 is 2.35 bits per heavy atom. The number of hydrogen-bond acceptors (Lipinski definition) is 1. The van der Waals surface area contributed by atoms with E-state index in [2.05, 4.69) is 42.7 Å². The quantitative estimate of drug-likeness (QED) is 0.717. The largest absolute Gasteiger partial charge is 0.332 e. The molecule has 4 saturated carbocycles. The van der Waals surface area contributed by atoms with Gasteiger partial charge < -0.3 is 10.6 Å². The third-order valence-corrected chi connectivity index (χ3v) is 7.04. The van der Waals surface area contributed by atoms with Crippen LogP contribution in [0.1, 0.15) is 52.4 Å². The average Bonchev–Trinajstić information content (AvgIpc) is 2.51. The minimum Gasteiger partial charge on any atom is -0.332 e. The molecule has 136 valence electrons. The summed E-state index contributed by atoms with van der Waals surface area (Å²) in [5.74, 6) is 0.777. The van der Waals surface area contributed by atoms with E-state index in [0.29, 0.717) is 10.8 Å². The van der Waals surface area contributed by atoms with Gasteiger partial charge in [-0.05, 0) is 66.7 Å². The first kappa shape index (κ1) is 16.2. The molecule has 4 bridgehead atoms. The number of anilines is 1. The molecule has 0 aromatic heterocycles. The van der Waals surface area contributed by atoms with E-state index in [9.17, 15) is 4.79 Å². The second kappa shape index (κ2) is 5.25. The Morgan fingerprint density at radius 2 is 1.62 bits per heavy atom. The van der Waals surface area contributed by atoms with Gasteiger partial charge in [-0.2, -0.15) is 0 Å². The molecule has 6 rings (SSSR count). The SMILES string of the molecule is CC12CC3CC(C)(C1)CC(NC(=O)Nc1cccc4ccccc14)(C3)C2. The summed E-state index contributed by atoms with van der Waals surface area (Å²) < 4.78 is 0. The summed E-state index contributed by atoms with van der Waals surface area (Å²) in [6.07, 6.45) is 7.43. The Balaban J connectivity index is 1.39. The molecule has 26 heavy (non-hydrogen) atoms. The van der Waals surface area contributed by atoms with E-state index >= 15 is 0 Å². The number of carbonyl (C=O) groups excluding carboxylic acids is 1. The molecule has 3 nitrogen and oxygen atoms in total. The lowest BCUT2D eigenvalue weighted by molar-refractivity contribution is -0.113. The fourth-order valence-corrected chi connectivity index (χ4v) is 7.32. The maximum absolute atomic E-state index is 12.9. The van der Waals surface area contributed by atoms with Crippen molar-refractivity contribution in [2.24, 2.45) is 16.7 Å². The van der Waals surface area contributed by atoms with E-state index in [0.717, 1.165) is 41.6 Å². The van der Waals surface area contributed by atoms with Crippen molar-refractivity contribution in [2.75, 3.05) is 5.32 Å². The first-order valence-electron chi connectivity index (χ1n) is 9.93. The van der Waals surface area contributed by atoms with Gasteiger partial charge >= 0.3 is 6.03 Å². The third kappa shape index (κ3) is 2.60. The first-order valence-corrected chi connectivity index (χ1v) is 9.93. The van der Waals surface area contributed by atoms with Gasteiger partial charge in [0, 0.05) is 10.9 Å². The summed E-state index contributed by atoms with van der Waals surface area (Å²) >= 11 is 0. The zero-order chi connectivity index (χ0) is 18.0. The first-order chi connectivity index (χ1) is 12.4. The molecule has 0 spiro atoms. The molecular weight excluding hydrogens is 320 g/mol. The number of benzene rings is 2. The Morgan fingerprint density at radius 1 is 0.923 bits per heavy atom. The molecule has 2 aromatic rings. The van der Waals surface area contributed by atoms with Crippen molar-refractivity contribution < 1.29 is 4.79 Å². The number of rotatable bonds is 2. The predicted molar refractivity (Wildman–Crippen MR) is 106 cm³/mol. The molecule has 2 amide bonds. The lowest BCUT2D eigenvalue weighted by atomic mass is 9.43. The highest BCUT2D eigenvalue weighted by Gasteiger charge is 2.60. The maximum Gasteiger partial charge on any atom is 0.319 e. The van der Waals surface area contributed by atoms with Crippen molar-refractivity contribution in [2.45, 2.75) is 57.9 Å². The fraction of sp³-hybridized carbons (Fsp3) is 0.522. The molecule has 0 radical (unpaired) electrons. The van der Waals surface area contributed by atoms with Crippen LogP contribution in [-0.4, -0.2) is 11.6 Å². The van der Waals surface area contributed by atoms with Crippen molar-refractivity contribution >= 4 is 22.5 Å². The van der Waals surface area contributed by atoms with Gasteiger partial charge in [0.25, 0.3) is 0 Å². The van der Waals surface area contributed by atoms with Gasteiger partial charge in [-0.25, -0.2) is 4.79 Å². The molecule has 4 aliphatic rings. The van der Waals surface area contributed by atoms with Gasteiger partial charge in [-0.1, -0.05) is 50.2 Å². The summed E-state index contributed by atoms with van der Waals surface area (Å²) in [5.41, 5.74) is 1.68. The topological polar surface area (TPSA) is 41.1 Å². The minimum atomic E-state index is -0.0458. The predicted octanol–water partition coefficient (Wildman–Crippen LogP) is 5.71. The monoisotopic (exact) mass is 348 g/mol. The van der Waals surface area contributed by atoms with Gasteiger partial charge in [-0.3, -0.25) is 0 Å². The van der Waals surface area contributed by atoms with E-state index in [4.69, 9.17) is 0 Å². The van der Waals surface area contributed by atoms with Crippen LogP contribution in [0.3, 0.4) is 0 Å². The van der Waals surface area contributed by atoms with Gasteiger partial charge in [0.15, 0.2) is 0 Å². The van der Waals surface area contributed by atoms with E-state index < -0.39 is 0 Å². The van der Waals surface area contributed by atoms with Crippen molar-refractivity contribution in [1.29, 1.82) is 0 Å². The molecule has 4 aliphatic carbocycles. The number of urea groups is 1. The molecule has 3 heteroatoms. The molecule has 0 aliphatic heterocycles. The number of carbonyl (C=O) groups is 1.